The highest BCUT2D eigenvalue weighted by atomic mass is 16.5. The Hall–Kier alpha value is -2.59. The van der Waals surface area contributed by atoms with Crippen LogP contribution in [0.15, 0.2) is 71.7 Å². The van der Waals surface area contributed by atoms with Crippen LogP contribution < -0.4 is 11.1 Å². The topological polar surface area (TPSA) is 59.6 Å². The lowest BCUT2D eigenvalue weighted by molar-refractivity contribution is 0.107. The number of benzene rings is 2. The lowest BCUT2D eigenvalue weighted by Crippen LogP contribution is -2.32. The predicted octanol–water partition coefficient (Wildman–Crippen LogP) is 3.38. The van der Waals surface area contributed by atoms with Crippen molar-refractivity contribution in [3.63, 3.8) is 0 Å². The maximum absolute atomic E-state index is 5.83. The van der Waals surface area contributed by atoms with Crippen LogP contribution in [0.25, 0.3) is 0 Å². The summed E-state index contributed by atoms with van der Waals surface area (Å²) >= 11 is 0. The smallest absolute Gasteiger partial charge is 0.189 e. The molecule has 0 spiro atoms. The molecule has 2 aromatic carbocycles. The summed E-state index contributed by atoms with van der Waals surface area (Å²) in [5.74, 6) is 0.434. The second kappa shape index (κ2) is 9.53. The van der Waals surface area contributed by atoms with Crippen LogP contribution >= 0.6 is 0 Å². The average Bonchev–Trinajstić information content (AvgIpc) is 2.59. The van der Waals surface area contributed by atoms with Crippen molar-refractivity contribution in [1.82, 2.24) is 5.32 Å². The average molecular weight is 323 g/mol. The summed E-state index contributed by atoms with van der Waals surface area (Å²) < 4.78 is 5.77. The van der Waals surface area contributed by atoms with Crippen LogP contribution in [0.5, 0.6) is 0 Å². The van der Waals surface area contributed by atoms with E-state index in [4.69, 9.17) is 10.5 Å². The number of nitrogens with zero attached hydrogens (tertiary/aromatic N) is 1. The molecule has 0 radical (unpaired) electrons. The second-order valence-electron chi connectivity index (χ2n) is 5.81. The van der Waals surface area contributed by atoms with Gasteiger partial charge in [-0.25, -0.2) is 4.99 Å². The monoisotopic (exact) mass is 323 g/mol. The second-order valence-corrected chi connectivity index (χ2v) is 5.81. The van der Waals surface area contributed by atoms with Gasteiger partial charge in [-0.2, -0.15) is 0 Å². The fourth-order valence-electron chi connectivity index (χ4n) is 2.15. The van der Waals surface area contributed by atoms with Crippen molar-refractivity contribution in [2.24, 2.45) is 10.7 Å². The maximum atomic E-state index is 5.83. The molecule has 0 aliphatic rings. The maximum Gasteiger partial charge on any atom is 0.189 e. The van der Waals surface area contributed by atoms with Gasteiger partial charge in [0.25, 0.3) is 0 Å². The summed E-state index contributed by atoms with van der Waals surface area (Å²) in [4.78, 5) is 4.34. The highest BCUT2D eigenvalue weighted by Gasteiger charge is 1.98. The minimum absolute atomic E-state index is 0.434. The molecule has 3 N–H and O–H groups in total. The van der Waals surface area contributed by atoms with E-state index in [1.54, 1.807) is 0 Å². The van der Waals surface area contributed by atoms with E-state index in [0.717, 1.165) is 16.7 Å². The molecule has 0 amide bonds. The van der Waals surface area contributed by atoms with Gasteiger partial charge >= 0.3 is 0 Å². The summed E-state index contributed by atoms with van der Waals surface area (Å²) in [7, 11) is 0. The van der Waals surface area contributed by atoms with Crippen LogP contribution in [-0.2, 0) is 24.5 Å². The fraction of sp³-hybridized carbons (Fsp3) is 0.250. The van der Waals surface area contributed by atoms with E-state index in [1.165, 1.54) is 5.56 Å². The molecule has 0 saturated heterocycles. The van der Waals surface area contributed by atoms with Gasteiger partial charge in [0.05, 0.1) is 19.8 Å². The van der Waals surface area contributed by atoms with Gasteiger partial charge in [-0.05, 0) is 23.6 Å². The quantitative estimate of drug-likeness (QED) is 0.445. The molecule has 24 heavy (non-hydrogen) atoms. The Kier molecular flexibility index (Phi) is 7.05. The SMILES string of the molecule is C=C(C)CNC(N)=NCc1cccc(COCc2ccccc2)c1. The van der Waals surface area contributed by atoms with Gasteiger partial charge in [0.15, 0.2) is 5.96 Å². The Labute approximate surface area is 144 Å². The van der Waals surface area contributed by atoms with Crippen LogP contribution in [0, 0.1) is 0 Å². The molecule has 0 saturated carbocycles. The van der Waals surface area contributed by atoms with E-state index in [0.29, 0.717) is 32.3 Å². The zero-order valence-corrected chi connectivity index (χ0v) is 14.2. The molecule has 0 aromatic heterocycles. The molecular formula is C20H25N3O. The molecule has 0 atom stereocenters. The van der Waals surface area contributed by atoms with Gasteiger partial charge in [-0.15, -0.1) is 0 Å². The van der Waals surface area contributed by atoms with Crippen molar-refractivity contribution >= 4 is 5.96 Å². The molecular weight excluding hydrogens is 298 g/mol. The Morgan fingerprint density at radius 1 is 1.04 bits per heavy atom. The highest BCUT2D eigenvalue weighted by Crippen LogP contribution is 2.09. The van der Waals surface area contributed by atoms with Crippen LogP contribution in [0.3, 0.4) is 0 Å². The third-order valence-corrected chi connectivity index (χ3v) is 3.37. The van der Waals surface area contributed by atoms with Crippen LogP contribution in [-0.4, -0.2) is 12.5 Å². The number of rotatable bonds is 8. The van der Waals surface area contributed by atoms with Crippen molar-refractivity contribution in [3.8, 4) is 0 Å². The number of nitrogens with one attached hydrogen (secondary N) is 1. The van der Waals surface area contributed by atoms with Crippen LogP contribution in [0.4, 0.5) is 0 Å². The first-order valence-electron chi connectivity index (χ1n) is 8.01. The van der Waals surface area contributed by atoms with E-state index in [9.17, 15) is 0 Å². The number of ether oxygens (including phenoxy) is 1. The van der Waals surface area contributed by atoms with Crippen molar-refractivity contribution in [2.45, 2.75) is 26.7 Å². The zero-order valence-electron chi connectivity index (χ0n) is 14.2. The van der Waals surface area contributed by atoms with Gasteiger partial charge in [0.1, 0.15) is 0 Å². The molecule has 0 aliphatic carbocycles. The standard InChI is InChI=1S/C20H25N3O/c1-16(2)12-22-20(21)23-13-18-9-6-10-19(11-18)15-24-14-17-7-4-3-5-8-17/h3-11H,1,12-15H2,2H3,(H3,21,22,23). The molecule has 0 unspecified atom stereocenters. The molecule has 4 heteroatoms. The minimum Gasteiger partial charge on any atom is -0.372 e. The van der Waals surface area contributed by atoms with Crippen LogP contribution in [0.2, 0.25) is 0 Å². The van der Waals surface area contributed by atoms with E-state index in [-0.39, 0.29) is 0 Å². The summed E-state index contributed by atoms with van der Waals surface area (Å²) in [6, 6.07) is 18.4. The van der Waals surface area contributed by atoms with Crippen molar-refractivity contribution in [1.29, 1.82) is 0 Å². The van der Waals surface area contributed by atoms with Gasteiger partial charge in [-0.3, -0.25) is 0 Å². The van der Waals surface area contributed by atoms with E-state index < -0.39 is 0 Å². The number of guanidine groups is 1. The van der Waals surface area contributed by atoms with Crippen molar-refractivity contribution in [3.05, 3.63) is 83.4 Å². The number of hydrogen-bond acceptors (Lipinski definition) is 2. The van der Waals surface area contributed by atoms with Crippen molar-refractivity contribution in [2.75, 3.05) is 6.54 Å². The van der Waals surface area contributed by atoms with Gasteiger partial charge < -0.3 is 15.8 Å². The molecule has 4 nitrogen and oxygen atoms in total. The third kappa shape index (κ3) is 6.67. The molecule has 0 fully saturated rings. The number of aliphatic imine (C=N–C) groups is 1. The Balaban J connectivity index is 1.82. The Bertz CT molecular complexity index is 680. The zero-order chi connectivity index (χ0) is 17.2. The van der Waals surface area contributed by atoms with E-state index >= 15 is 0 Å². The van der Waals surface area contributed by atoms with Crippen molar-refractivity contribution < 1.29 is 4.74 Å². The Morgan fingerprint density at radius 3 is 2.46 bits per heavy atom. The predicted molar refractivity (Wildman–Crippen MR) is 99.5 cm³/mol. The molecule has 2 aromatic rings. The first-order chi connectivity index (χ1) is 11.6. The van der Waals surface area contributed by atoms with Crippen LogP contribution in [0.1, 0.15) is 23.6 Å². The molecule has 2 rings (SSSR count). The normalized spacial score (nSPS) is 11.3. The molecule has 0 bridgehead atoms. The fourth-order valence-corrected chi connectivity index (χ4v) is 2.15. The lowest BCUT2D eigenvalue weighted by atomic mass is 10.1. The third-order valence-electron chi connectivity index (χ3n) is 3.37. The molecule has 0 heterocycles. The summed E-state index contributed by atoms with van der Waals surface area (Å²) in [5.41, 5.74) is 10.3. The van der Waals surface area contributed by atoms with E-state index in [1.807, 2.05) is 37.3 Å². The van der Waals surface area contributed by atoms with Gasteiger partial charge in [0.2, 0.25) is 0 Å². The summed E-state index contributed by atoms with van der Waals surface area (Å²) in [6.07, 6.45) is 0. The first kappa shape index (κ1) is 17.8. The first-order valence-corrected chi connectivity index (χ1v) is 8.01. The highest BCUT2D eigenvalue weighted by molar-refractivity contribution is 5.78. The number of nitrogens with two attached hydrogens (primary N) is 1. The lowest BCUT2D eigenvalue weighted by Gasteiger charge is -2.07. The largest absolute Gasteiger partial charge is 0.372 e. The van der Waals surface area contributed by atoms with E-state index in [2.05, 4.69) is 41.2 Å². The summed E-state index contributed by atoms with van der Waals surface area (Å²) in [6.45, 7) is 8.14. The van der Waals surface area contributed by atoms with Gasteiger partial charge in [-0.1, -0.05) is 66.7 Å². The Morgan fingerprint density at radius 2 is 1.71 bits per heavy atom. The minimum atomic E-state index is 0.434. The summed E-state index contributed by atoms with van der Waals surface area (Å²) in [5, 5.41) is 3.02. The van der Waals surface area contributed by atoms with Gasteiger partial charge in [0, 0.05) is 6.54 Å². The molecule has 0 aliphatic heterocycles. The number of hydrogen-bond donors (Lipinski definition) is 2. The molecule has 126 valence electrons.